The molecule has 1 aromatic heterocycles. The summed E-state index contributed by atoms with van der Waals surface area (Å²) in [5, 5.41) is 10.2. The molecule has 2 amide bonds. The molecule has 8 heteroatoms. The van der Waals surface area contributed by atoms with Crippen LogP contribution in [-0.4, -0.2) is 34.7 Å². The number of benzene rings is 1. The van der Waals surface area contributed by atoms with Gasteiger partial charge in [-0.15, -0.1) is 0 Å². The van der Waals surface area contributed by atoms with Crippen LogP contribution in [0.1, 0.15) is 30.2 Å². The molecule has 0 bridgehead atoms. The van der Waals surface area contributed by atoms with Gasteiger partial charge < -0.3 is 15.4 Å². The second-order valence-corrected chi connectivity index (χ2v) is 7.36. The van der Waals surface area contributed by atoms with Crippen LogP contribution in [0.2, 0.25) is 0 Å². The van der Waals surface area contributed by atoms with Crippen molar-refractivity contribution in [2.45, 2.75) is 38.3 Å². The summed E-state index contributed by atoms with van der Waals surface area (Å²) >= 11 is 1.75. The Balaban J connectivity index is 1.67. The van der Waals surface area contributed by atoms with E-state index in [1.165, 1.54) is 0 Å². The summed E-state index contributed by atoms with van der Waals surface area (Å²) in [6.07, 6.45) is 0.873. The van der Waals surface area contributed by atoms with Gasteiger partial charge in [0.2, 0.25) is 5.91 Å². The molecule has 144 valence electrons. The Morgan fingerprint density at radius 1 is 1.26 bits per heavy atom. The van der Waals surface area contributed by atoms with Gasteiger partial charge >= 0.3 is 0 Å². The molecule has 0 saturated carbocycles. The molecule has 2 heterocycles. The fourth-order valence-corrected chi connectivity index (χ4v) is 3.84. The van der Waals surface area contributed by atoms with Crippen LogP contribution in [-0.2, 0) is 27.6 Å². The fourth-order valence-electron chi connectivity index (χ4n) is 2.81. The molecular formula is C19H24N4O3S. The van der Waals surface area contributed by atoms with Crippen molar-refractivity contribution < 1.29 is 14.3 Å². The molecule has 0 aliphatic carbocycles. The van der Waals surface area contributed by atoms with E-state index in [1.807, 2.05) is 38.1 Å². The fraction of sp³-hybridized carbons (Fsp3) is 0.421. The van der Waals surface area contributed by atoms with Gasteiger partial charge in [-0.2, -0.15) is 16.9 Å². The molecule has 2 N–H and O–H groups in total. The highest BCUT2D eigenvalue weighted by molar-refractivity contribution is 7.98. The molecule has 3 rings (SSSR count). The number of anilines is 1. The van der Waals surface area contributed by atoms with Gasteiger partial charge in [-0.3, -0.25) is 9.59 Å². The molecule has 2 aromatic rings. The van der Waals surface area contributed by atoms with Crippen molar-refractivity contribution in [3.8, 4) is 5.75 Å². The molecule has 0 saturated heterocycles. The van der Waals surface area contributed by atoms with Crippen LogP contribution in [0.25, 0.3) is 0 Å². The molecule has 0 fully saturated rings. The number of nitrogens with zero attached hydrogens (tertiary/aromatic N) is 2. The summed E-state index contributed by atoms with van der Waals surface area (Å²) in [4.78, 5) is 24.5. The van der Waals surface area contributed by atoms with Crippen LogP contribution in [0.4, 0.5) is 5.82 Å². The summed E-state index contributed by atoms with van der Waals surface area (Å²) in [5.74, 6) is 2.47. The second-order valence-electron chi connectivity index (χ2n) is 6.38. The molecule has 0 radical (unpaired) electrons. The van der Waals surface area contributed by atoms with Crippen molar-refractivity contribution in [2.75, 3.05) is 18.5 Å². The summed E-state index contributed by atoms with van der Waals surface area (Å²) in [5.41, 5.74) is 2.89. The summed E-state index contributed by atoms with van der Waals surface area (Å²) in [6, 6.07) is 7.56. The van der Waals surface area contributed by atoms with E-state index in [0.29, 0.717) is 18.1 Å². The van der Waals surface area contributed by atoms with Crippen LogP contribution in [0.3, 0.4) is 0 Å². The van der Waals surface area contributed by atoms with Crippen LogP contribution >= 0.6 is 11.8 Å². The van der Waals surface area contributed by atoms with Crippen LogP contribution in [0.15, 0.2) is 24.3 Å². The molecule has 1 aromatic carbocycles. The minimum absolute atomic E-state index is 0.0892. The van der Waals surface area contributed by atoms with Crippen molar-refractivity contribution in [3.63, 3.8) is 0 Å². The van der Waals surface area contributed by atoms with Crippen molar-refractivity contribution >= 4 is 29.4 Å². The number of aryl methyl sites for hydroxylation is 1. The first kappa shape index (κ1) is 19.3. The Hall–Kier alpha value is -2.48. The number of carbonyl (C=O) groups is 2. The molecule has 0 atom stereocenters. The Kier molecular flexibility index (Phi) is 6.39. The van der Waals surface area contributed by atoms with Crippen molar-refractivity contribution in [3.05, 3.63) is 41.1 Å². The molecule has 1 aliphatic heterocycles. The van der Waals surface area contributed by atoms with Crippen molar-refractivity contribution in [2.24, 2.45) is 0 Å². The van der Waals surface area contributed by atoms with E-state index in [1.54, 1.807) is 16.4 Å². The number of para-hydroxylation sites is 1. The molecule has 7 nitrogen and oxygen atoms in total. The average molecular weight is 388 g/mol. The number of thioether (sulfide) groups is 1. The zero-order chi connectivity index (χ0) is 19.2. The number of ether oxygens (including phenoxy) is 1. The number of hydrogen-bond donors (Lipinski definition) is 2. The lowest BCUT2D eigenvalue weighted by Crippen LogP contribution is -2.30. The number of carbonyl (C=O) groups excluding carboxylic acids is 2. The number of nitrogens with one attached hydrogen (secondary N) is 2. The van der Waals surface area contributed by atoms with E-state index in [4.69, 9.17) is 4.74 Å². The maximum Gasteiger partial charge on any atom is 0.263 e. The maximum atomic E-state index is 12.4. The highest BCUT2D eigenvalue weighted by Crippen LogP contribution is 2.34. The third-order valence-electron chi connectivity index (χ3n) is 4.19. The van der Waals surface area contributed by atoms with Gasteiger partial charge in [-0.1, -0.05) is 25.1 Å². The summed E-state index contributed by atoms with van der Waals surface area (Å²) < 4.78 is 7.20. The van der Waals surface area contributed by atoms with E-state index >= 15 is 0 Å². The van der Waals surface area contributed by atoms with E-state index in [2.05, 4.69) is 15.7 Å². The van der Waals surface area contributed by atoms with E-state index in [-0.39, 0.29) is 25.0 Å². The first-order valence-electron chi connectivity index (χ1n) is 8.99. The van der Waals surface area contributed by atoms with Gasteiger partial charge in [-0.25, -0.2) is 4.68 Å². The van der Waals surface area contributed by atoms with Gasteiger partial charge in [0, 0.05) is 23.6 Å². The van der Waals surface area contributed by atoms with Gasteiger partial charge in [-0.05, 0) is 25.0 Å². The predicted molar refractivity (Wildman–Crippen MR) is 106 cm³/mol. The predicted octanol–water partition coefficient (Wildman–Crippen LogP) is 2.48. The first-order chi connectivity index (χ1) is 13.1. The topological polar surface area (TPSA) is 85.3 Å². The maximum absolute atomic E-state index is 12.4. The standard InChI is InChI=1S/C19H24N4O3S/c1-3-8-20-17(24)9-23-19(14-11-27-12-15(14)22-23)21-18(25)10-26-16-7-5-4-6-13(16)2/h4-7H,3,8-12H2,1-2H3,(H,20,24)(H,21,25). The molecular weight excluding hydrogens is 364 g/mol. The third kappa shape index (κ3) is 4.82. The monoisotopic (exact) mass is 388 g/mol. The SMILES string of the molecule is CCCNC(=O)Cn1nc2c(c1NC(=O)COc1ccccc1C)CSC2. The number of amides is 2. The Morgan fingerprint density at radius 2 is 2.07 bits per heavy atom. The van der Waals surface area contributed by atoms with Crippen LogP contribution in [0.5, 0.6) is 5.75 Å². The van der Waals surface area contributed by atoms with Gasteiger partial charge in [0.1, 0.15) is 18.1 Å². The minimum Gasteiger partial charge on any atom is -0.483 e. The number of rotatable bonds is 8. The zero-order valence-corrected chi connectivity index (χ0v) is 16.4. The third-order valence-corrected chi connectivity index (χ3v) is 5.16. The molecule has 27 heavy (non-hydrogen) atoms. The second kappa shape index (κ2) is 8.94. The molecule has 0 unspecified atom stereocenters. The van der Waals surface area contributed by atoms with Gasteiger partial charge in [0.15, 0.2) is 6.61 Å². The highest BCUT2D eigenvalue weighted by Gasteiger charge is 2.25. The van der Waals surface area contributed by atoms with Gasteiger partial charge in [0.05, 0.1) is 5.69 Å². The Morgan fingerprint density at radius 3 is 2.85 bits per heavy atom. The summed E-state index contributed by atoms with van der Waals surface area (Å²) in [6.45, 7) is 4.55. The van der Waals surface area contributed by atoms with E-state index in [0.717, 1.165) is 34.7 Å². The van der Waals surface area contributed by atoms with Crippen molar-refractivity contribution in [1.29, 1.82) is 0 Å². The lowest BCUT2D eigenvalue weighted by molar-refractivity contribution is -0.122. The molecule has 1 aliphatic rings. The number of hydrogen-bond acceptors (Lipinski definition) is 5. The van der Waals surface area contributed by atoms with Gasteiger partial charge in [0.25, 0.3) is 5.91 Å². The van der Waals surface area contributed by atoms with E-state index in [9.17, 15) is 9.59 Å². The largest absolute Gasteiger partial charge is 0.483 e. The summed E-state index contributed by atoms with van der Waals surface area (Å²) in [7, 11) is 0. The number of aromatic nitrogens is 2. The Bertz CT molecular complexity index is 834. The Labute approximate surface area is 162 Å². The first-order valence-corrected chi connectivity index (χ1v) is 10.1. The zero-order valence-electron chi connectivity index (χ0n) is 15.6. The van der Waals surface area contributed by atoms with Crippen LogP contribution < -0.4 is 15.4 Å². The normalized spacial score (nSPS) is 12.5. The van der Waals surface area contributed by atoms with E-state index < -0.39 is 0 Å². The average Bonchev–Trinajstić information content (AvgIpc) is 3.22. The number of fused-ring (bicyclic) bond motifs is 1. The van der Waals surface area contributed by atoms with Crippen LogP contribution in [0, 0.1) is 6.92 Å². The molecule has 0 spiro atoms. The highest BCUT2D eigenvalue weighted by atomic mass is 32.2. The quantitative estimate of drug-likeness (QED) is 0.726. The lowest BCUT2D eigenvalue weighted by Gasteiger charge is -2.12. The minimum atomic E-state index is -0.270. The smallest absolute Gasteiger partial charge is 0.263 e. The van der Waals surface area contributed by atoms with Crippen molar-refractivity contribution in [1.82, 2.24) is 15.1 Å². The lowest BCUT2D eigenvalue weighted by atomic mass is 10.2.